The van der Waals surface area contributed by atoms with E-state index >= 15 is 0 Å². The third-order valence-corrected chi connectivity index (χ3v) is 3.76. The third kappa shape index (κ3) is 3.05. The quantitative estimate of drug-likeness (QED) is 0.930. The number of rotatable bonds is 4. The number of hydrogen-bond donors (Lipinski definition) is 1. The van der Waals surface area contributed by atoms with Gasteiger partial charge in [0.15, 0.2) is 0 Å². The van der Waals surface area contributed by atoms with Crippen LogP contribution in [-0.4, -0.2) is 13.6 Å². The van der Waals surface area contributed by atoms with E-state index in [-0.39, 0.29) is 12.1 Å². The van der Waals surface area contributed by atoms with E-state index in [4.69, 9.17) is 5.73 Å². The first-order valence-corrected chi connectivity index (χ1v) is 6.89. The van der Waals surface area contributed by atoms with E-state index in [9.17, 15) is 8.78 Å². The van der Waals surface area contributed by atoms with Crippen molar-refractivity contribution < 1.29 is 8.78 Å². The van der Waals surface area contributed by atoms with E-state index < -0.39 is 17.7 Å². The average molecular weight is 290 g/mol. The van der Waals surface area contributed by atoms with Gasteiger partial charge in [-0.3, -0.25) is 0 Å². The molecular weight excluding hydrogens is 270 g/mol. The normalized spacial score (nSPS) is 12.3. The summed E-state index contributed by atoms with van der Waals surface area (Å²) in [5, 5.41) is 0. The van der Waals surface area contributed by atoms with E-state index in [0.29, 0.717) is 0 Å². The Morgan fingerprint density at radius 3 is 2.24 bits per heavy atom. The summed E-state index contributed by atoms with van der Waals surface area (Å²) in [7, 11) is 1.81. The highest BCUT2D eigenvalue weighted by Crippen LogP contribution is 2.30. The molecule has 0 heterocycles. The molecule has 21 heavy (non-hydrogen) atoms. The number of nitrogens with two attached hydrogens (primary N) is 1. The van der Waals surface area contributed by atoms with Gasteiger partial charge in [0.05, 0.1) is 6.04 Å². The maximum Gasteiger partial charge on any atom is 0.131 e. The molecule has 0 aliphatic heterocycles. The van der Waals surface area contributed by atoms with Crippen LogP contribution < -0.4 is 10.6 Å². The zero-order valence-electron chi connectivity index (χ0n) is 12.5. The molecule has 0 saturated carbocycles. The SMILES string of the molecule is Cc1ccc(N(C)C(CN)c2c(F)cccc2F)c(C)c1. The van der Waals surface area contributed by atoms with Crippen molar-refractivity contribution in [1.29, 1.82) is 0 Å². The second kappa shape index (κ2) is 6.22. The first-order valence-electron chi connectivity index (χ1n) is 6.89. The molecule has 4 heteroatoms. The molecule has 2 nitrogen and oxygen atoms in total. The third-order valence-electron chi connectivity index (χ3n) is 3.76. The molecule has 1 atom stereocenters. The molecule has 2 aromatic carbocycles. The van der Waals surface area contributed by atoms with E-state index in [2.05, 4.69) is 0 Å². The van der Waals surface area contributed by atoms with Crippen LogP contribution in [0.3, 0.4) is 0 Å². The van der Waals surface area contributed by atoms with Crippen LogP contribution in [0.1, 0.15) is 22.7 Å². The number of nitrogens with zero attached hydrogens (tertiary/aromatic N) is 1. The van der Waals surface area contributed by atoms with Crippen LogP contribution in [0, 0.1) is 25.5 Å². The standard InChI is InChI=1S/C17H20F2N2/c1-11-7-8-15(12(2)9-11)21(3)16(10-20)17-13(18)5-4-6-14(17)19/h4-9,16H,10,20H2,1-3H3. The maximum atomic E-state index is 14.0. The van der Waals surface area contributed by atoms with Crippen LogP contribution in [0.5, 0.6) is 0 Å². The number of hydrogen-bond acceptors (Lipinski definition) is 2. The Balaban J connectivity index is 2.46. The summed E-state index contributed by atoms with van der Waals surface area (Å²) in [6.07, 6.45) is 0. The average Bonchev–Trinajstić information content (AvgIpc) is 2.42. The van der Waals surface area contributed by atoms with Gasteiger partial charge in [-0.15, -0.1) is 0 Å². The van der Waals surface area contributed by atoms with Gasteiger partial charge in [-0.1, -0.05) is 23.8 Å². The Kier molecular flexibility index (Phi) is 4.58. The Labute approximate surface area is 124 Å². The minimum atomic E-state index is -0.568. The van der Waals surface area contributed by atoms with Gasteiger partial charge in [0.1, 0.15) is 11.6 Å². The fourth-order valence-corrected chi connectivity index (χ4v) is 2.67. The highest BCUT2D eigenvalue weighted by molar-refractivity contribution is 5.55. The number of halogens is 2. The van der Waals surface area contributed by atoms with Gasteiger partial charge >= 0.3 is 0 Å². The molecule has 2 rings (SSSR count). The molecule has 0 fully saturated rings. The van der Waals surface area contributed by atoms with Gasteiger partial charge < -0.3 is 10.6 Å². The van der Waals surface area contributed by atoms with Crippen molar-refractivity contribution in [2.24, 2.45) is 5.73 Å². The summed E-state index contributed by atoms with van der Waals surface area (Å²) in [4.78, 5) is 1.83. The molecule has 0 radical (unpaired) electrons. The zero-order chi connectivity index (χ0) is 15.6. The highest BCUT2D eigenvalue weighted by atomic mass is 19.1. The minimum Gasteiger partial charge on any atom is -0.366 e. The molecule has 0 saturated heterocycles. The Morgan fingerprint density at radius 1 is 1.10 bits per heavy atom. The van der Waals surface area contributed by atoms with Crippen LogP contribution in [0.4, 0.5) is 14.5 Å². The fourth-order valence-electron chi connectivity index (χ4n) is 2.67. The first-order chi connectivity index (χ1) is 9.95. The summed E-state index contributed by atoms with van der Waals surface area (Å²) < 4.78 is 28.0. The lowest BCUT2D eigenvalue weighted by Gasteiger charge is -2.31. The molecule has 0 aliphatic carbocycles. The topological polar surface area (TPSA) is 29.3 Å². The molecule has 112 valence electrons. The number of anilines is 1. The van der Waals surface area contributed by atoms with Gasteiger partial charge in [-0.2, -0.15) is 0 Å². The van der Waals surface area contributed by atoms with E-state index in [1.807, 2.05) is 36.9 Å². The van der Waals surface area contributed by atoms with Gasteiger partial charge in [-0.05, 0) is 37.6 Å². The summed E-state index contributed by atoms with van der Waals surface area (Å²) in [5.41, 5.74) is 8.91. The molecule has 0 aliphatic rings. The van der Waals surface area contributed by atoms with Gasteiger partial charge in [0.25, 0.3) is 0 Å². The summed E-state index contributed by atoms with van der Waals surface area (Å²) in [5.74, 6) is -1.14. The molecule has 0 spiro atoms. The zero-order valence-corrected chi connectivity index (χ0v) is 12.5. The van der Waals surface area contributed by atoms with Crippen LogP contribution >= 0.6 is 0 Å². The fraction of sp³-hybridized carbons (Fsp3) is 0.294. The smallest absolute Gasteiger partial charge is 0.131 e. The van der Waals surface area contributed by atoms with Gasteiger partial charge in [-0.25, -0.2) is 8.78 Å². The highest BCUT2D eigenvalue weighted by Gasteiger charge is 2.23. The summed E-state index contributed by atoms with van der Waals surface area (Å²) in [6.45, 7) is 4.11. The monoisotopic (exact) mass is 290 g/mol. The molecule has 2 aromatic rings. The van der Waals surface area contributed by atoms with Crippen LogP contribution in [0.15, 0.2) is 36.4 Å². The van der Waals surface area contributed by atoms with Crippen molar-refractivity contribution >= 4 is 5.69 Å². The largest absolute Gasteiger partial charge is 0.366 e. The lowest BCUT2D eigenvalue weighted by atomic mass is 10.0. The lowest BCUT2D eigenvalue weighted by molar-refractivity contribution is 0.519. The van der Waals surface area contributed by atoms with E-state index in [1.165, 1.54) is 18.2 Å². The molecular formula is C17H20F2N2. The number of likely N-dealkylation sites (N-methyl/N-ethyl adjacent to an activating group) is 1. The Morgan fingerprint density at radius 2 is 1.71 bits per heavy atom. The number of aryl methyl sites for hydroxylation is 2. The lowest BCUT2D eigenvalue weighted by Crippen LogP contribution is -2.32. The van der Waals surface area contributed by atoms with Crippen molar-refractivity contribution in [1.82, 2.24) is 0 Å². The molecule has 0 aromatic heterocycles. The molecule has 2 N–H and O–H groups in total. The molecule has 0 bridgehead atoms. The van der Waals surface area contributed by atoms with Crippen molar-refractivity contribution in [3.63, 3.8) is 0 Å². The minimum absolute atomic E-state index is 0.0162. The predicted molar refractivity (Wildman–Crippen MR) is 82.5 cm³/mol. The van der Waals surface area contributed by atoms with Crippen molar-refractivity contribution in [2.45, 2.75) is 19.9 Å². The van der Waals surface area contributed by atoms with Crippen molar-refractivity contribution in [2.75, 3.05) is 18.5 Å². The van der Waals surface area contributed by atoms with Crippen molar-refractivity contribution in [3.8, 4) is 0 Å². The van der Waals surface area contributed by atoms with Crippen molar-refractivity contribution in [3.05, 3.63) is 64.7 Å². The first kappa shape index (κ1) is 15.4. The van der Waals surface area contributed by atoms with Crippen LogP contribution in [0.25, 0.3) is 0 Å². The molecule has 1 unspecified atom stereocenters. The predicted octanol–water partition coefficient (Wildman–Crippen LogP) is 3.72. The van der Waals surface area contributed by atoms with Gasteiger partial charge in [0.2, 0.25) is 0 Å². The van der Waals surface area contributed by atoms with E-state index in [0.717, 1.165) is 16.8 Å². The molecule has 0 amide bonds. The number of benzene rings is 2. The summed E-state index contributed by atoms with van der Waals surface area (Å²) in [6, 6.07) is 9.30. The second-order valence-electron chi connectivity index (χ2n) is 5.29. The summed E-state index contributed by atoms with van der Waals surface area (Å²) >= 11 is 0. The Bertz CT molecular complexity index is 620. The second-order valence-corrected chi connectivity index (χ2v) is 5.29. The van der Waals surface area contributed by atoms with Crippen LogP contribution in [0.2, 0.25) is 0 Å². The van der Waals surface area contributed by atoms with E-state index in [1.54, 1.807) is 7.05 Å². The van der Waals surface area contributed by atoms with Gasteiger partial charge in [0, 0.05) is 24.8 Å². The van der Waals surface area contributed by atoms with Crippen LogP contribution in [-0.2, 0) is 0 Å². The maximum absolute atomic E-state index is 14.0. The Hall–Kier alpha value is -1.94.